The average molecular weight is 267 g/mol. The van der Waals surface area contributed by atoms with E-state index in [0.717, 1.165) is 18.5 Å². The van der Waals surface area contributed by atoms with Crippen LogP contribution in [0.4, 0.5) is 5.69 Å². The van der Waals surface area contributed by atoms with Gasteiger partial charge in [0, 0.05) is 30.1 Å². The van der Waals surface area contributed by atoms with Crippen LogP contribution in [0, 0.1) is 5.92 Å². The molecule has 0 bridgehead atoms. The fourth-order valence-electron chi connectivity index (χ4n) is 1.36. The van der Waals surface area contributed by atoms with E-state index in [1.165, 1.54) is 12.4 Å². The van der Waals surface area contributed by atoms with Gasteiger partial charge in [0.15, 0.2) is 0 Å². The Kier molecular flexibility index (Phi) is 5.65. The molecule has 1 heterocycles. The summed E-state index contributed by atoms with van der Waals surface area (Å²) in [6, 6.07) is 1.74. The van der Waals surface area contributed by atoms with Crippen LogP contribution in [0.5, 0.6) is 0 Å². The van der Waals surface area contributed by atoms with Gasteiger partial charge in [0.2, 0.25) is 0 Å². The van der Waals surface area contributed by atoms with E-state index in [4.69, 9.17) is 23.1 Å². The number of hydrogen-bond donors (Lipinski definition) is 2. The highest BCUT2D eigenvalue weighted by molar-refractivity contribution is 6.32. The number of nitrogens with zero attached hydrogens (tertiary/aromatic N) is 2. The van der Waals surface area contributed by atoms with Gasteiger partial charge in [0.1, 0.15) is 5.15 Å². The molecule has 4 nitrogen and oxygen atoms in total. The van der Waals surface area contributed by atoms with Gasteiger partial charge >= 0.3 is 0 Å². The van der Waals surface area contributed by atoms with Crippen molar-refractivity contribution in [2.75, 3.05) is 12.3 Å². The molecule has 0 amide bonds. The lowest BCUT2D eigenvalue weighted by atomic mass is 10.1. The van der Waals surface area contributed by atoms with E-state index >= 15 is 0 Å². The number of nitrogens with two attached hydrogens (primary N) is 2. The predicted molar refractivity (Wildman–Crippen MR) is 78.6 cm³/mol. The lowest BCUT2D eigenvalue weighted by molar-refractivity contribution is 0.598. The van der Waals surface area contributed by atoms with E-state index in [-0.39, 0.29) is 0 Å². The number of halogens is 1. The van der Waals surface area contributed by atoms with Gasteiger partial charge in [-0.2, -0.15) is 0 Å². The SMILES string of the molecule is CC(C)CCN=C/C(=C\N)c1cc(N)cnc1Cl. The highest BCUT2D eigenvalue weighted by Gasteiger charge is 2.06. The summed E-state index contributed by atoms with van der Waals surface area (Å²) in [6.45, 7) is 5.09. The minimum absolute atomic E-state index is 0.371. The van der Waals surface area contributed by atoms with Crippen molar-refractivity contribution in [1.82, 2.24) is 4.98 Å². The fraction of sp³-hybridized carbons (Fsp3) is 0.385. The molecule has 1 rings (SSSR count). The van der Waals surface area contributed by atoms with Crippen LogP contribution in [0.15, 0.2) is 23.5 Å². The number of aliphatic imine (C=N–C) groups is 1. The largest absolute Gasteiger partial charge is 0.404 e. The molecule has 0 atom stereocenters. The topological polar surface area (TPSA) is 77.3 Å². The van der Waals surface area contributed by atoms with Gasteiger partial charge in [-0.1, -0.05) is 25.4 Å². The third kappa shape index (κ3) is 4.37. The lowest BCUT2D eigenvalue weighted by Crippen LogP contribution is -1.98. The predicted octanol–water partition coefficient (Wildman–Crippen LogP) is 2.73. The molecule has 0 fully saturated rings. The molecule has 0 aliphatic rings. The maximum absolute atomic E-state index is 6.01. The van der Waals surface area contributed by atoms with E-state index in [0.29, 0.717) is 22.3 Å². The Morgan fingerprint density at radius 3 is 2.89 bits per heavy atom. The van der Waals surface area contributed by atoms with Gasteiger partial charge in [-0.25, -0.2) is 4.98 Å². The van der Waals surface area contributed by atoms with Crippen LogP contribution in [0.3, 0.4) is 0 Å². The first kappa shape index (κ1) is 14.5. The zero-order valence-corrected chi connectivity index (χ0v) is 11.5. The molecule has 18 heavy (non-hydrogen) atoms. The maximum atomic E-state index is 6.01. The number of aromatic nitrogens is 1. The summed E-state index contributed by atoms with van der Waals surface area (Å²) in [5.41, 5.74) is 13.2. The van der Waals surface area contributed by atoms with Crippen molar-refractivity contribution in [2.24, 2.45) is 16.6 Å². The van der Waals surface area contributed by atoms with Crippen LogP contribution < -0.4 is 11.5 Å². The summed E-state index contributed by atoms with van der Waals surface area (Å²) < 4.78 is 0. The Hall–Kier alpha value is -1.55. The Morgan fingerprint density at radius 2 is 2.28 bits per heavy atom. The number of nitrogen functional groups attached to an aromatic ring is 1. The van der Waals surface area contributed by atoms with Gasteiger partial charge in [-0.15, -0.1) is 0 Å². The summed E-state index contributed by atoms with van der Waals surface area (Å²) in [7, 11) is 0. The van der Waals surface area contributed by atoms with Crippen molar-refractivity contribution in [3.63, 3.8) is 0 Å². The van der Waals surface area contributed by atoms with Gasteiger partial charge in [0.25, 0.3) is 0 Å². The van der Waals surface area contributed by atoms with Crippen LogP contribution in [0.1, 0.15) is 25.8 Å². The van der Waals surface area contributed by atoms with Crippen molar-refractivity contribution in [2.45, 2.75) is 20.3 Å². The van der Waals surface area contributed by atoms with Crippen molar-refractivity contribution < 1.29 is 0 Å². The van der Waals surface area contributed by atoms with E-state index in [1.54, 1.807) is 12.3 Å². The average Bonchev–Trinajstić information content (AvgIpc) is 2.33. The molecule has 0 aliphatic heterocycles. The zero-order valence-electron chi connectivity index (χ0n) is 10.7. The highest BCUT2D eigenvalue weighted by Crippen LogP contribution is 2.22. The van der Waals surface area contributed by atoms with Crippen LogP contribution in [0.2, 0.25) is 5.15 Å². The van der Waals surface area contributed by atoms with Crippen molar-refractivity contribution in [3.05, 3.63) is 29.2 Å². The standard InChI is InChI=1S/C13H19ClN4/c1-9(2)3-4-17-7-10(6-15)12-5-11(16)8-18-13(12)14/h5-9H,3-4,15-16H2,1-2H3/b10-6+,17-7?. The molecular weight excluding hydrogens is 248 g/mol. The van der Waals surface area contributed by atoms with E-state index in [9.17, 15) is 0 Å². The second-order valence-electron chi connectivity index (χ2n) is 4.45. The van der Waals surface area contributed by atoms with Crippen LogP contribution in [-0.2, 0) is 0 Å². The summed E-state index contributed by atoms with van der Waals surface area (Å²) >= 11 is 6.01. The number of hydrogen-bond acceptors (Lipinski definition) is 4. The highest BCUT2D eigenvalue weighted by atomic mass is 35.5. The Labute approximate surface area is 113 Å². The van der Waals surface area contributed by atoms with Crippen molar-refractivity contribution in [1.29, 1.82) is 0 Å². The van der Waals surface area contributed by atoms with E-state index < -0.39 is 0 Å². The Morgan fingerprint density at radius 1 is 1.56 bits per heavy atom. The van der Waals surface area contributed by atoms with Gasteiger partial charge in [0.05, 0.1) is 11.9 Å². The molecule has 5 heteroatoms. The monoisotopic (exact) mass is 266 g/mol. The molecule has 0 unspecified atom stereocenters. The number of pyridine rings is 1. The molecule has 0 aliphatic carbocycles. The molecule has 1 aromatic rings. The normalized spacial score (nSPS) is 12.6. The molecule has 0 saturated carbocycles. The van der Waals surface area contributed by atoms with E-state index in [2.05, 4.69) is 23.8 Å². The van der Waals surface area contributed by atoms with E-state index in [1.807, 2.05) is 0 Å². The summed E-state index contributed by atoms with van der Waals surface area (Å²) in [5, 5.41) is 0.371. The second kappa shape index (κ2) is 7.01. The fourth-order valence-corrected chi connectivity index (χ4v) is 1.58. The minimum Gasteiger partial charge on any atom is -0.404 e. The maximum Gasteiger partial charge on any atom is 0.137 e. The van der Waals surface area contributed by atoms with Crippen LogP contribution in [-0.4, -0.2) is 17.7 Å². The Bertz CT molecular complexity index is 452. The lowest BCUT2D eigenvalue weighted by Gasteiger charge is -2.05. The van der Waals surface area contributed by atoms with Gasteiger partial charge < -0.3 is 11.5 Å². The first-order valence-electron chi connectivity index (χ1n) is 5.87. The van der Waals surface area contributed by atoms with Crippen molar-refractivity contribution >= 4 is 29.1 Å². The van der Waals surface area contributed by atoms with Crippen molar-refractivity contribution in [3.8, 4) is 0 Å². The Balaban J connectivity index is 2.81. The number of allylic oxidation sites excluding steroid dienone is 1. The summed E-state index contributed by atoms with van der Waals surface area (Å²) in [4.78, 5) is 8.32. The zero-order chi connectivity index (χ0) is 13.5. The van der Waals surface area contributed by atoms with Gasteiger partial charge in [-0.3, -0.25) is 4.99 Å². The minimum atomic E-state index is 0.371. The summed E-state index contributed by atoms with van der Waals surface area (Å²) in [6.07, 6.45) is 5.72. The number of anilines is 1. The molecule has 0 aromatic carbocycles. The molecule has 0 spiro atoms. The second-order valence-corrected chi connectivity index (χ2v) is 4.80. The molecular formula is C13H19ClN4. The number of rotatable bonds is 5. The van der Waals surface area contributed by atoms with Crippen LogP contribution in [0.25, 0.3) is 5.57 Å². The summed E-state index contributed by atoms with van der Waals surface area (Å²) in [5.74, 6) is 0.630. The first-order valence-corrected chi connectivity index (χ1v) is 6.25. The third-order valence-corrected chi connectivity index (χ3v) is 2.72. The molecule has 0 radical (unpaired) electrons. The molecule has 1 aromatic heterocycles. The van der Waals surface area contributed by atoms with Gasteiger partial charge in [-0.05, 0) is 18.4 Å². The molecule has 0 saturated heterocycles. The molecule has 98 valence electrons. The van der Waals surface area contributed by atoms with Crippen LogP contribution >= 0.6 is 11.6 Å². The first-order chi connectivity index (χ1) is 8.54. The molecule has 4 N–H and O–H groups in total. The third-order valence-electron chi connectivity index (χ3n) is 2.42. The quantitative estimate of drug-likeness (QED) is 0.635. The smallest absolute Gasteiger partial charge is 0.137 e.